The molecule has 3 heterocycles. The van der Waals surface area contributed by atoms with E-state index in [-0.39, 0.29) is 68.7 Å². The monoisotopic (exact) mass is 607 g/mol. The number of halogens is 3. The van der Waals surface area contributed by atoms with Gasteiger partial charge in [-0.25, -0.2) is 17.5 Å². The Morgan fingerprint density at radius 3 is 2.45 bits per heavy atom. The van der Waals surface area contributed by atoms with Gasteiger partial charge in [0, 0.05) is 44.0 Å². The van der Waals surface area contributed by atoms with Crippen LogP contribution in [-0.4, -0.2) is 91.1 Å². The molecule has 0 unspecified atom stereocenters. The van der Waals surface area contributed by atoms with Gasteiger partial charge in [-0.2, -0.15) is 13.2 Å². The third-order valence-electron chi connectivity index (χ3n) is 8.12. The Labute approximate surface area is 241 Å². The number of rotatable bonds is 8. The first kappa shape index (κ1) is 30.0. The summed E-state index contributed by atoms with van der Waals surface area (Å²) in [6, 6.07) is 9.85. The lowest BCUT2D eigenvalue weighted by molar-refractivity contribution is -0.137. The Bertz CT molecular complexity index is 1520. The zero-order valence-electron chi connectivity index (χ0n) is 23.0. The molecule has 2 fully saturated rings. The van der Waals surface area contributed by atoms with Crippen molar-refractivity contribution >= 4 is 33.5 Å². The Morgan fingerprint density at radius 1 is 1.05 bits per heavy atom. The number of carbonyl (C=O) groups excluding carboxylic acids is 2. The molecule has 3 aliphatic heterocycles. The predicted molar refractivity (Wildman–Crippen MR) is 150 cm³/mol. The van der Waals surface area contributed by atoms with Crippen LogP contribution in [0.3, 0.4) is 0 Å². The Balaban J connectivity index is 1.21. The molecule has 0 radical (unpaired) electrons. The normalized spacial score (nSPS) is 19.5. The number of β-amino-alcohol motifs (C(OH)–C–C–N with tert-alkyl or cyclic N) is 1. The molecule has 10 nitrogen and oxygen atoms in total. The average Bonchev–Trinajstić information content (AvgIpc) is 3.47. The molecule has 2 aromatic rings. The van der Waals surface area contributed by atoms with Crippen LogP contribution in [0.2, 0.25) is 0 Å². The molecule has 42 heavy (non-hydrogen) atoms. The highest BCUT2D eigenvalue weighted by Gasteiger charge is 2.47. The van der Waals surface area contributed by atoms with Gasteiger partial charge < -0.3 is 15.3 Å². The van der Waals surface area contributed by atoms with Crippen molar-refractivity contribution in [2.45, 2.75) is 37.9 Å². The molecule has 2 saturated heterocycles. The van der Waals surface area contributed by atoms with E-state index in [9.17, 15) is 31.2 Å². The summed E-state index contributed by atoms with van der Waals surface area (Å²) >= 11 is 0. The predicted octanol–water partition coefficient (Wildman–Crippen LogP) is 2.53. The van der Waals surface area contributed by atoms with Gasteiger partial charge in [-0.05, 0) is 61.6 Å². The number of aliphatic hydroxyl groups excluding tert-OH is 1. The lowest BCUT2D eigenvalue weighted by atomic mass is 9.89. The number of alkyl halides is 3. The zero-order valence-corrected chi connectivity index (χ0v) is 23.8. The van der Waals surface area contributed by atoms with E-state index in [1.54, 1.807) is 15.9 Å². The van der Waals surface area contributed by atoms with Crippen molar-refractivity contribution in [1.82, 2.24) is 14.5 Å². The minimum atomic E-state index is -4.54. The number of anilines is 1. The third-order valence-corrected chi connectivity index (χ3v) is 9.99. The quantitative estimate of drug-likeness (QED) is 0.478. The van der Waals surface area contributed by atoms with Crippen LogP contribution >= 0.6 is 0 Å². The van der Waals surface area contributed by atoms with E-state index in [0.717, 1.165) is 23.3 Å². The van der Waals surface area contributed by atoms with E-state index in [0.29, 0.717) is 18.8 Å². The first-order valence-electron chi connectivity index (χ1n) is 13.7. The number of aliphatic hydroxyl groups is 1. The molecule has 1 spiro atoms. The van der Waals surface area contributed by atoms with Crippen molar-refractivity contribution in [2.24, 2.45) is 4.99 Å². The van der Waals surface area contributed by atoms with Crippen LogP contribution in [0.4, 0.5) is 23.7 Å². The van der Waals surface area contributed by atoms with E-state index in [4.69, 9.17) is 5.11 Å². The fourth-order valence-corrected chi connectivity index (χ4v) is 7.09. The minimum Gasteiger partial charge on any atom is -0.395 e. The van der Waals surface area contributed by atoms with Gasteiger partial charge in [0.1, 0.15) is 11.4 Å². The SMILES string of the molecule is Cc1cc(N2CCN(CCO)C2=O)ccc1CCS(=O)(=O)N1CCC2(CC1)N=C(c1cccc(C(F)(F)F)c1)NC2=O. The summed E-state index contributed by atoms with van der Waals surface area (Å²) in [6.07, 6.45) is -4.04. The number of hydrogen-bond acceptors (Lipinski definition) is 6. The van der Waals surface area contributed by atoms with Gasteiger partial charge in [-0.15, -0.1) is 0 Å². The van der Waals surface area contributed by atoms with Crippen molar-refractivity contribution in [3.63, 3.8) is 0 Å². The third kappa shape index (κ3) is 5.88. The molecule has 2 aromatic carbocycles. The molecular weight excluding hydrogens is 575 g/mol. The Kier molecular flexibility index (Phi) is 8.07. The highest BCUT2D eigenvalue weighted by Crippen LogP contribution is 2.34. The van der Waals surface area contributed by atoms with E-state index in [1.807, 2.05) is 19.1 Å². The topological polar surface area (TPSA) is 123 Å². The lowest BCUT2D eigenvalue weighted by Crippen LogP contribution is -2.50. The summed E-state index contributed by atoms with van der Waals surface area (Å²) in [4.78, 5) is 33.1. The Hall–Kier alpha value is -3.49. The van der Waals surface area contributed by atoms with Crippen molar-refractivity contribution < 1.29 is 36.3 Å². The van der Waals surface area contributed by atoms with Gasteiger partial charge in [0.05, 0.1) is 17.9 Å². The summed E-state index contributed by atoms with van der Waals surface area (Å²) in [7, 11) is -3.66. The molecule has 2 N–H and O–H groups in total. The number of nitrogens with one attached hydrogen (secondary N) is 1. The molecule has 0 aromatic heterocycles. The number of carbonyl (C=O) groups is 2. The number of piperidine rings is 1. The molecule has 14 heteroatoms. The van der Waals surface area contributed by atoms with E-state index >= 15 is 0 Å². The second-order valence-corrected chi connectivity index (χ2v) is 12.8. The highest BCUT2D eigenvalue weighted by atomic mass is 32.2. The number of aryl methyl sites for hydroxylation is 2. The average molecular weight is 608 g/mol. The molecular formula is C28H32F3N5O5S. The van der Waals surface area contributed by atoms with Crippen LogP contribution in [0.25, 0.3) is 0 Å². The zero-order chi connectivity index (χ0) is 30.3. The van der Waals surface area contributed by atoms with Gasteiger partial charge in [-0.1, -0.05) is 18.2 Å². The maximum Gasteiger partial charge on any atom is 0.416 e. The summed E-state index contributed by atoms with van der Waals surface area (Å²) in [5.41, 5.74) is 0.474. The van der Waals surface area contributed by atoms with Crippen molar-refractivity contribution in [1.29, 1.82) is 0 Å². The minimum absolute atomic E-state index is 0.0538. The number of sulfonamides is 1. The second-order valence-electron chi connectivity index (χ2n) is 10.7. The number of amidine groups is 1. The first-order chi connectivity index (χ1) is 19.8. The smallest absolute Gasteiger partial charge is 0.395 e. The van der Waals surface area contributed by atoms with Crippen molar-refractivity contribution in [2.75, 3.05) is 50.0 Å². The molecule has 0 saturated carbocycles. The number of nitrogens with zero attached hydrogens (tertiary/aromatic N) is 4. The summed E-state index contributed by atoms with van der Waals surface area (Å²) in [5.74, 6) is -0.533. The van der Waals surface area contributed by atoms with Crippen LogP contribution < -0.4 is 10.2 Å². The number of urea groups is 1. The van der Waals surface area contributed by atoms with Crippen LogP contribution in [0.1, 0.15) is 35.1 Å². The van der Waals surface area contributed by atoms with Gasteiger partial charge in [0.2, 0.25) is 10.0 Å². The fraction of sp³-hybridized carbons (Fsp3) is 0.464. The van der Waals surface area contributed by atoms with Gasteiger partial charge in [0.25, 0.3) is 5.91 Å². The van der Waals surface area contributed by atoms with Crippen LogP contribution in [0.5, 0.6) is 0 Å². The molecule has 0 aliphatic carbocycles. The van der Waals surface area contributed by atoms with Gasteiger partial charge in [0.15, 0.2) is 0 Å². The highest BCUT2D eigenvalue weighted by molar-refractivity contribution is 7.89. The van der Waals surface area contributed by atoms with Gasteiger partial charge >= 0.3 is 12.2 Å². The number of aliphatic imine (C=N–C) groups is 1. The van der Waals surface area contributed by atoms with Crippen LogP contribution in [-0.2, 0) is 27.4 Å². The largest absolute Gasteiger partial charge is 0.416 e. The molecule has 226 valence electrons. The molecule has 0 bridgehead atoms. The molecule has 3 aliphatic rings. The lowest BCUT2D eigenvalue weighted by Gasteiger charge is -2.34. The van der Waals surface area contributed by atoms with E-state index < -0.39 is 33.2 Å². The summed E-state index contributed by atoms with van der Waals surface area (Å²) in [5, 5.41) is 11.7. The van der Waals surface area contributed by atoms with E-state index in [1.165, 1.54) is 16.4 Å². The van der Waals surface area contributed by atoms with Crippen LogP contribution in [0, 0.1) is 6.92 Å². The standard InChI is InChI=1S/C28H32F3N5O5S/c1-19-17-23(36-13-12-34(14-15-37)26(36)39)6-5-20(19)7-16-42(40,41)35-10-8-27(9-11-35)25(38)32-24(33-27)21-3-2-4-22(18-21)28(29,30)31/h2-6,17-18,37H,7-16H2,1H3,(H,32,33,38). The molecule has 3 amide bonds. The second kappa shape index (κ2) is 11.3. The Morgan fingerprint density at radius 2 is 1.79 bits per heavy atom. The van der Waals surface area contributed by atoms with E-state index in [2.05, 4.69) is 10.3 Å². The number of amides is 3. The summed E-state index contributed by atoms with van der Waals surface area (Å²) in [6.45, 7) is 3.19. The first-order valence-corrected chi connectivity index (χ1v) is 15.3. The van der Waals surface area contributed by atoms with Crippen molar-refractivity contribution in [3.05, 3.63) is 64.7 Å². The van der Waals surface area contributed by atoms with Crippen LogP contribution in [0.15, 0.2) is 47.5 Å². The fourth-order valence-electron chi connectivity index (χ4n) is 5.62. The molecule has 0 atom stereocenters. The number of benzene rings is 2. The summed E-state index contributed by atoms with van der Waals surface area (Å²) < 4.78 is 67.2. The maximum absolute atomic E-state index is 13.2. The van der Waals surface area contributed by atoms with Gasteiger partial charge in [-0.3, -0.25) is 14.7 Å². The van der Waals surface area contributed by atoms with Crippen molar-refractivity contribution in [3.8, 4) is 0 Å². The molecule has 5 rings (SSSR count). The maximum atomic E-state index is 13.2. The number of hydrogen-bond donors (Lipinski definition) is 2.